The lowest BCUT2D eigenvalue weighted by atomic mass is 9.99. The third kappa shape index (κ3) is 3.40. The molecule has 0 aliphatic heterocycles. The van der Waals surface area contributed by atoms with Crippen LogP contribution in [0.3, 0.4) is 0 Å². The van der Waals surface area contributed by atoms with Crippen LogP contribution in [0.4, 0.5) is 0 Å². The predicted octanol–water partition coefficient (Wildman–Crippen LogP) is 3.49. The van der Waals surface area contributed by atoms with Crippen molar-refractivity contribution in [2.45, 2.75) is 83.7 Å². The highest BCUT2D eigenvalue weighted by atomic mass is 15.3. The number of rotatable bonds is 4. The minimum Gasteiger partial charge on any atom is -0.316 e. The van der Waals surface area contributed by atoms with E-state index >= 15 is 0 Å². The second-order valence-electron chi connectivity index (χ2n) is 7.05. The molecule has 1 aromatic rings. The third-order valence-corrected chi connectivity index (χ3v) is 4.34. The summed E-state index contributed by atoms with van der Waals surface area (Å²) >= 11 is 0. The fourth-order valence-corrected chi connectivity index (χ4v) is 3.56. The summed E-state index contributed by atoms with van der Waals surface area (Å²) < 4.78 is 2.23. The Morgan fingerprint density at radius 3 is 2.25 bits per heavy atom. The molecule has 0 amide bonds. The number of hydrogen-bond acceptors (Lipinski definition) is 3. The zero-order valence-electron chi connectivity index (χ0n) is 13.7. The summed E-state index contributed by atoms with van der Waals surface area (Å²) in [5, 5.41) is 12.6. The third-order valence-electron chi connectivity index (χ3n) is 4.34. The normalized spacial score (nSPS) is 18.5. The van der Waals surface area contributed by atoms with Gasteiger partial charge in [0.1, 0.15) is 5.82 Å². The molecule has 1 N–H and O–H groups in total. The summed E-state index contributed by atoms with van der Waals surface area (Å²) in [6.07, 6.45) is 7.96. The quantitative estimate of drug-likeness (QED) is 0.857. The fourth-order valence-electron chi connectivity index (χ4n) is 3.56. The zero-order valence-corrected chi connectivity index (χ0v) is 13.7. The molecule has 20 heavy (non-hydrogen) atoms. The molecule has 1 aliphatic carbocycles. The number of nitrogens with one attached hydrogen (secondary N) is 1. The molecule has 0 aromatic carbocycles. The van der Waals surface area contributed by atoms with Gasteiger partial charge in [-0.25, -0.2) is 0 Å². The molecule has 0 saturated heterocycles. The maximum Gasteiger partial charge on any atom is 0.152 e. The van der Waals surface area contributed by atoms with Crippen LogP contribution < -0.4 is 5.32 Å². The van der Waals surface area contributed by atoms with Crippen molar-refractivity contribution in [1.82, 2.24) is 20.1 Å². The molecule has 1 saturated carbocycles. The van der Waals surface area contributed by atoms with Crippen LogP contribution in [0.2, 0.25) is 0 Å². The predicted molar refractivity (Wildman–Crippen MR) is 82.7 cm³/mol. The van der Waals surface area contributed by atoms with E-state index in [1.54, 1.807) is 0 Å². The largest absolute Gasteiger partial charge is 0.316 e. The summed E-state index contributed by atoms with van der Waals surface area (Å²) in [5.74, 6) is 2.82. The second-order valence-corrected chi connectivity index (χ2v) is 7.05. The van der Waals surface area contributed by atoms with Crippen molar-refractivity contribution in [3.63, 3.8) is 0 Å². The summed E-state index contributed by atoms with van der Waals surface area (Å²) in [6, 6.07) is 0.433. The number of aromatic nitrogens is 3. The Labute approximate surface area is 123 Å². The average Bonchev–Trinajstić information content (AvgIpc) is 2.59. The van der Waals surface area contributed by atoms with Gasteiger partial charge in [-0.2, -0.15) is 0 Å². The van der Waals surface area contributed by atoms with Crippen LogP contribution in [-0.4, -0.2) is 20.8 Å². The number of hydrogen-bond donors (Lipinski definition) is 1. The van der Waals surface area contributed by atoms with Gasteiger partial charge in [-0.3, -0.25) is 0 Å². The highest BCUT2D eigenvalue weighted by molar-refractivity contribution is 5.09. The lowest BCUT2D eigenvalue weighted by molar-refractivity contribution is 0.336. The first-order valence-corrected chi connectivity index (χ1v) is 8.09. The Balaban J connectivity index is 2.21. The molecule has 0 radical (unpaired) electrons. The van der Waals surface area contributed by atoms with Gasteiger partial charge in [0, 0.05) is 19.0 Å². The molecular formula is C16H30N4. The van der Waals surface area contributed by atoms with Gasteiger partial charge in [-0.15, -0.1) is 10.2 Å². The van der Waals surface area contributed by atoms with Crippen molar-refractivity contribution >= 4 is 0 Å². The van der Waals surface area contributed by atoms with E-state index in [0.29, 0.717) is 12.0 Å². The molecule has 1 fully saturated rings. The first kappa shape index (κ1) is 15.5. The summed E-state index contributed by atoms with van der Waals surface area (Å²) in [7, 11) is 2.12. The molecule has 4 nitrogen and oxygen atoms in total. The van der Waals surface area contributed by atoms with Crippen LogP contribution >= 0.6 is 0 Å². The van der Waals surface area contributed by atoms with Gasteiger partial charge >= 0.3 is 0 Å². The van der Waals surface area contributed by atoms with Gasteiger partial charge < -0.3 is 9.88 Å². The van der Waals surface area contributed by atoms with E-state index < -0.39 is 0 Å². The van der Waals surface area contributed by atoms with Crippen molar-refractivity contribution in [2.75, 3.05) is 0 Å². The topological polar surface area (TPSA) is 42.7 Å². The van der Waals surface area contributed by atoms with Crippen molar-refractivity contribution in [2.24, 2.45) is 7.05 Å². The van der Waals surface area contributed by atoms with E-state index in [1.807, 2.05) is 0 Å². The van der Waals surface area contributed by atoms with Crippen molar-refractivity contribution < 1.29 is 0 Å². The standard InChI is InChI=1S/C16H30N4/c1-12(2)17-16(3,4)15-19-18-14(20(15)5)13-10-8-6-7-9-11-13/h12-13,17H,6-11H2,1-5H3. The molecule has 114 valence electrons. The van der Waals surface area contributed by atoms with Crippen LogP contribution in [0.5, 0.6) is 0 Å². The SMILES string of the molecule is CC(C)NC(C)(C)c1nnc(C2CCCCCC2)n1C. The molecule has 0 bridgehead atoms. The minimum atomic E-state index is -0.140. The highest BCUT2D eigenvalue weighted by Gasteiger charge is 2.29. The summed E-state index contributed by atoms with van der Waals surface area (Å²) in [5.41, 5.74) is -0.140. The van der Waals surface area contributed by atoms with E-state index in [4.69, 9.17) is 0 Å². The van der Waals surface area contributed by atoms with Crippen LogP contribution in [0.1, 0.15) is 83.8 Å². The van der Waals surface area contributed by atoms with Crippen LogP contribution in [0, 0.1) is 0 Å². The smallest absolute Gasteiger partial charge is 0.152 e. The van der Waals surface area contributed by atoms with Crippen molar-refractivity contribution in [3.05, 3.63) is 11.6 Å². The first-order valence-electron chi connectivity index (χ1n) is 8.09. The van der Waals surface area contributed by atoms with Crippen LogP contribution in [0.15, 0.2) is 0 Å². The van der Waals surface area contributed by atoms with Crippen LogP contribution in [-0.2, 0) is 12.6 Å². The summed E-state index contributed by atoms with van der Waals surface area (Å²) in [4.78, 5) is 0. The van der Waals surface area contributed by atoms with Gasteiger partial charge in [0.2, 0.25) is 0 Å². The van der Waals surface area contributed by atoms with Gasteiger partial charge in [0.05, 0.1) is 5.54 Å². The molecule has 0 atom stereocenters. The number of nitrogens with zero attached hydrogens (tertiary/aromatic N) is 3. The Hall–Kier alpha value is -0.900. The van der Waals surface area contributed by atoms with E-state index in [1.165, 1.54) is 44.3 Å². The first-order chi connectivity index (χ1) is 9.42. The van der Waals surface area contributed by atoms with Crippen molar-refractivity contribution in [3.8, 4) is 0 Å². The molecule has 0 spiro atoms. The average molecular weight is 278 g/mol. The molecular weight excluding hydrogens is 248 g/mol. The Morgan fingerprint density at radius 1 is 1.10 bits per heavy atom. The van der Waals surface area contributed by atoms with Gasteiger partial charge in [0.25, 0.3) is 0 Å². The minimum absolute atomic E-state index is 0.140. The Kier molecular flexibility index (Phi) is 4.84. The summed E-state index contributed by atoms with van der Waals surface area (Å²) in [6.45, 7) is 8.72. The lowest BCUT2D eigenvalue weighted by Crippen LogP contribution is -2.43. The van der Waals surface area contributed by atoms with E-state index in [-0.39, 0.29) is 5.54 Å². The molecule has 0 unspecified atom stereocenters. The monoisotopic (exact) mass is 278 g/mol. The lowest BCUT2D eigenvalue weighted by Gasteiger charge is -2.28. The maximum absolute atomic E-state index is 4.53. The Morgan fingerprint density at radius 2 is 1.70 bits per heavy atom. The van der Waals surface area contributed by atoms with Gasteiger partial charge in [-0.05, 0) is 40.5 Å². The molecule has 2 rings (SSSR count). The second kappa shape index (κ2) is 6.25. The van der Waals surface area contributed by atoms with Crippen LogP contribution in [0.25, 0.3) is 0 Å². The van der Waals surface area contributed by atoms with E-state index in [9.17, 15) is 0 Å². The maximum atomic E-state index is 4.53. The highest BCUT2D eigenvalue weighted by Crippen LogP contribution is 2.31. The van der Waals surface area contributed by atoms with Crippen molar-refractivity contribution in [1.29, 1.82) is 0 Å². The van der Waals surface area contributed by atoms with Gasteiger partial charge in [0.15, 0.2) is 5.82 Å². The Bertz CT molecular complexity index is 426. The zero-order chi connectivity index (χ0) is 14.8. The fraction of sp³-hybridized carbons (Fsp3) is 0.875. The van der Waals surface area contributed by atoms with Gasteiger partial charge in [-0.1, -0.05) is 25.7 Å². The molecule has 1 heterocycles. The molecule has 1 aliphatic rings. The van der Waals surface area contributed by atoms with E-state index in [0.717, 1.165) is 5.82 Å². The molecule has 1 aromatic heterocycles. The van der Waals surface area contributed by atoms with E-state index in [2.05, 4.69) is 54.8 Å². The molecule has 4 heteroatoms.